The number of hydrogen-bond donors (Lipinski definition) is 0. The third kappa shape index (κ3) is 4.94. The minimum Gasteiger partial charge on any atom is -0.324 e. The Labute approximate surface area is 171 Å². The molecule has 0 N–H and O–H groups in total. The number of para-hydroxylation sites is 2. The van der Waals surface area contributed by atoms with E-state index in [0.29, 0.717) is 16.0 Å². The Balaban J connectivity index is 1.87. The zero-order chi connectivity index (χ0) is 19.4. The van der Waals surface area contributed by atoms with Gasteiger partial charge in [-0.15, -0.1) is 0 Å². The van der Waals surface area contributed by atoms with E-state index in [9.17, 15) is 0 Å². The number of nitrogens with zero attached hydrogens (tertiary/aromatic N) is 2. The van der Waals surface area contributed by atoms with Gasteiger partial charge in [0.15, 0.2) is 0 Å². The van der Waals surface area contributed by atoms with E-state index in [1.54, 1.807) is 0 Å². The number of aryl methyl sites for hydroxylation is 1. The molecule has 27 heavy (non-hydrogen) atoms. The van der Waals surface area contributed by atoms with Crippen LogP contribution in [0.4, 0.5) is 0 Å². The van der Waals surface area contributed by atoms with E-state index in [1.165, 1.54) is 12.0 Å². The number of aromatic nitrogens is 2. The van der Waals surface area contributed by atoms with Crippen molar-refractivity contribution < 1.29 is 0 Å². The first-order chi connectivity index (χ1) is 13.0. The van der Waals surface area contributed by atoms with Crippen LogP contribution in [0.25, 0.3) is 22.4 Å². The number of imidazole rings is 1. The van der Waals surface area contributed by atoms with Crippen LogP contribution in [0.3, 0.4) is 0 Å². The number of fused-ring (bicyclic) bond motifs is 1. The van der Waals surface area contributed by atoms with Gasteiger partial charge in [-0.25, -0.2) is 4.98 Å². The van der Waals surface area contributed by atoms with Gasteiger partial charge in [0.25, 0.3) is 0 Å². The molecule has 3 rings (SSSR count). The van der Waals surface area contributed by atoms with E-state index in [2.05, 4.69) is 49.6 Å². The molecule has 0 bridgehead atoms. The number of benzene rings is 2. The molecule has 0 aliphatic rings. The molecule has 0 saturated heterocycles. The average molecular weight is 401 g/mol. The molecule has 0 fully saturated rings. The highest BCUT2D eigenvalue weighted by Crippen LogP contribution is 2.31. The van der Waals surface area contributed by atoms with Crippen LogP contribution in [-0.4, -0.2) is 9.55 Å². The normalized spacial score (nSPS) is 12.3. The SMILES string of the molecule is CC(C)=CCCC(C)CCn1c(-c2ccc(Cl)c(Cl)c2)nc2ccccc21. The van der Waals surface area contributed by atoms with Gasteiger partial charge < -0.3 is 4.57 Å². The zero-order valence-corrected chi connectivity index (χ0v) is 17.7. The fourth-order valence-electron chi connectivity index (χ4n) is 3.31. The van der Waals surface area contributed by atoms with Gasteiger partial charge in [-0.05, 0) is 69.4 Å². The predicted octanol–water partition coefficient (Wildman–Crippen LogP) is 7.78. The molecule has 0 saturated carbocycles. The van der Waals surface area contributed by atoms with Gasteiger partial charge in [0, 0.05) is 12.1 Å². The molecule has 4 heteroatoms. The highest BCUT2D eigenvalue weighted by atomic mass is 35.5. The number of hydrogen-bond acceptors (Lipinski definition) is 1. The van der Waals surface area contributed by atoms with E-state index in [1.807, 2.05) is 24.3 Å². The van der Waals surface area contributed by atoms with Crippen molar-refractivity contribution in [1.82, 2.24) is 9.55 Å². The van der Waals surface area contributed by atoms with E-state index >= 15 is 0 Å². The Bertz CT molecular complexity index is 952. The largest absolute Gasteiger partial charge is 0.324 e. The van der Waals surface area contributed by atoms with Crippen molar-refractivity contribution in [2.75, 3.05) is 0 Å². The molecule has 0 spiro atoms. The van der Waals surface area contributed by atoms with Crippen LogP contribution in [0.1, 0.15) is 40.0 Å². The molecule has 0 radical (unpaired) electrons. The first-order valence-electron chi connectivity index (χ1n) is 9.49. The van der Waals surface area contributed by atoms with Crippen molar-refractivity contribution >= 4 is 34.2 Å². The predicted molar refractivity (Wildman–Crippen MR) is 118 cm³/mol. The average Bonchev–Trinajstić information content (AvgIpc) is 3.00. The summed E-state index contributed by atoms with van der Waals surface area (Å²) in [5, 5.41) is 1.12. The highest BCUT2D eigenvalue weighted by Gasteiger charge is 2.14. The number of rotatable bonds is 7. The van der Waals surface area contributed by atoms with Crippen molar-refractivity contribution in [3.05, 3.63) is 64.2 Å². The van der Waals surface area contributed by atoms with Gasteiger partial charge >= 0.3 is 0 Å². The Morgan fingerprint density at radius 3 is 2.59 bits per heavy atom. The second-order valence-corrected chi connectivity index (χ2v) is 8.27. The Hall–Kier alpha value is -1.77. The summed E-state index contributed by atoms with van der Waals surface area (Å²) in [5.74, 6) is 1.61. The number of halogens is 2. The molecule has 2 aromatic carbocycles. The van der Waals surface area contributed by atoms with Gasteiger partial charge in [-0.1, -0.05) is 53.9 Å². The lowest BCUT2D eigenvalue weighted by Crippen LogP contribution is -2.05. The maximum absolute atomic E-state index is 6.25. The molecule has 1 heterocycles. The van der Waals surface area contributed by atoms with Crippen LogP contribution in [-0.2, 0) is 6.54 Å². The quantitative estimate of drug-likeness (QED) is 0.370. The first-order valence-corrected chi connectivity index (χ1v) is 10.3. The molecule has 1 atom stereocenters. The van der Waals surface area contributed by atoms with E-state index in [4.69, 9.17) is 28.2 Å². The standard InChI is InChI=1S/C23H26Cl2N2/c1-16(2)7-6-8-17(3)13-14-27-22-10-5-4-9-21(22)26-23(27)18-11-12-19(24)20(25)15-18/h4-5,7,9-12,15,17H,6,8,13-14H2,1-3H3. The zero-order valence-electron chi connectivity index (χ0n) is 16.2. The van der Waals surface area contributed by atoms with E-state index < -0.39 is 0 Å². The van der Waals surface area contributed by atoms with Crippen LogP contribution >= 0.6 is 23.2 Å². The number of allylic oxidation sites excluding steroid dienone is 2. The van der Waals surface area contributed by atoms with Crippen LogP contribution in [0.2, 0.25) is 10.0 Å². The smallest absolute Gasteiger partial charge is 0.141 e. The van der Waals surface area contributed by atoms with Gasteiger partial charge in [-0.2, -0.15) is 0 Å². The Kier molecular flexibility index (Phi) is 6.62. The molecular weight excluding hydrogens is 375 g/mol. The van der Waals surface area contributed by atoms with Crippen molar-refractivity contribution in [3.8, 4) is 11.4 Å². The molecule has 1 unspecified atom stereocenters. The summed E-state index contributed by atoms with van der Waals surface area (Å²) in [7, 11) is 0. The minimum atomic E-state index is 0.558. The summed E-state index contributed by atoms with van der Waals surface area (Å²) in [6.45, 7) is 7.58. The molecule has 0 aliphatic carbocycles. The van der Waals surface area contributed by atoms with Gasteiger partial charge in [0.1, 0.15) is 5.82 Å². The van der Waals surface area contributed by atoms with Crippen molar-refractivity contribution in [3.63, 3.8) is 0 Å². The van der Waals surface area contributed by atoms with Gasteiger partial charge in [0.05, 0.1) is 21.1 Å². The van der Waals surface area contributed by atoms with Crippen molar-refractivity contribution in [1.29, 1.82) is 0 Å². The lowest BCUT2D eigenvalue weighted by molar-refractivity contribution is 0.460. The summed E-state index contributed by atoms with van der Waals surface area (Å²) in [6, 6.07) is 14.0. The minimum absolute atomic E-state index is 0.558. The second-order valence-electron chi connectivity index (χ2n) is 7.46. The molecule has 0 amide bonds. The maximum Gasteiger partial charge on any atom is 0.141 e. The van der Waals surface area contributed by atoms with Crippen molar-refractivity contribution in [2.24, 2.45) is 5.92 Å². The van der Waals surface area contributed by atoms with E-state index in [-0.39, 0.29) is 0 Å². The molecule has 1 aromatic heterocycles. The second kappa shape index (κ2) is 8.95. The summed E-state index contributed by atoms with van der Waals surface area (Å²) in [5.41, 5.74) is 4.56. The van der Waals surface area contributed by atoms with Crippen LogP contribution in [0, 0.1) is 5.92 Å². The summed E-state index contributed by atoms with van der Waals surface area (Å²) in [4.78, 5) is 4.87. The summed E-state index contributed by atoms with van der Waals surface area (Å²) in [6.07, 6.45) is 5.79. The molecule has 142 valence electrons. The lowest BCUT2D eigenvalue weighted by atomic mass is 10.0. The monoisotopic (exact) mass is 400 g/mol. The first kappa shape index (κ1) is 20.0. The van der Waals surface area contributed by atoms with Gasteiger partial charge in [0.2, 0.25) is 0 Å². The topological polar surface area (TPSA) is 17.8 Å². The van der Waals surface area contributed by atoms with E-state index in [0.717, 1.165) is 41.8 Å². The molecule has 3 aromatic rings. The Morgan fingerprint density at radius 2 is 1.85 bits per heavy atom. The third-order valence-electron chi connectivity index (χ3n) is 4.89. The molecule has 0 aliphatic heterocycles. The lowest BCUT2D eigenvalue weighted by Gasteiger charge is -2.14. The molecular formula is C23H26Cl2N2. The highest BCUT2D eigenvalue weighted by molar-refractivity contribution is 6.42. The summed E-state index contributed by atoms with van der Waals surface area (Å²) < 4.78 is 2.31. The van der Waals surface area contributed by atoms with Crippen LogP contribution < -0.4 is 0 Å². The van der Waals surface area contributed by atoms with Crippen LogP contribution in [0.15, 0.2) is 54.1 Å². The third-order valence-corrected chi connectivity index (χ3v) is 5.63. The summed E-state index contributed by atoms with van der Waals surface area (Å²) >= 11 is 12.3. The Morgan fingerprint density at radius 1 is 1.07 bits per heavy atom. The maximum atomic E-state index is 6.25. The fourth-order valence-corrected chi connectivity index (χ4v) is 3.61. The van der Waals surface area contributed by atoms with Gasteiger partial charge in [-0.3, -0.25) is 0 Å². The van der Waals surface area contributed by atoms with Crippen LogP contribution in [0.5, 0.6) is 0 Å². The molecule has 2 nitrogen and oxygen atoms in total. The fraction of sp³-hybridized carbons (Fsp3) is 0.348. The van der Waals surface area contributed by atoms with Crippen molar-refractivity contribution in [2.45, 2.75) is 46.6 Å².